The Morgan fingerprint density at radius 1 is 1.39 bits per heavy atom. The SMILES string of the molecule is Cc1cc(S(=O)(=O)NCC(O)CN2CCC(C)CC2)ccc1F. The minimum absolute atomic E-state index is 0.00963. The number of likely N-dealkylation sites (tertiary alicyclic amines) is 1. The summed E-state index contributed by atoms with van der Waals surface area (Å²) in [6.45, 7) is 6.00. The lowest BCUT2D eigenvalue weighted by Gasteiger charge is -2.31. The molecule has 0 bridgehead atoms. The van der Waals surface area contributed by atoms with Crippen LogP contribution in [0.15, 0.2) is 23.1 Å². The van der Waals surface area contributed by atoms with E-state index in [1.165, 1.54) is 19.1 Å². The highest BCUT2D eigenvalue weighted by atomic mass is 32.2. The third-order valence-electron chi connectivity index (χ3n) is 4.29. The molecule has 7 heteroatoms. The summed E-state index contributed by atoms with van der Waals surface area (Å²) in [5.41, 5.74) is 0.274. The molecule has 130 valence electrons. The van der Waals surface area contributed by atoms with Crippen LogP contribution < -0.4 is 4.72 Å². The predicted molar refractivity (Wildman–Crippen MR) is 87.2 cm³/mol. The van der Waals surface area contributed by atoms with Gasteiger partial charge in [0.05, 0.1) is 11.0 Å². The fraction of sp³-hybridized carbons (Fsp3) is 0.625. The number of aliphatic hydroxyl groups excluding tert-OH is 1. The van der Waals surface area contributed by atoms with Gasteiger partial charge in [-0.2, -0.15) is 0 Å². The van der Waals surface area contributed by atoms with Crippen molar-refractivity contribution in [1.82, 2.24) is 9.62 Å². The van der Waals surface area contributed by atoms with Crippen molar-refractivity contribution < 1.29 is 17.9 Å². The van der Waals surface area contributed by atoms with Crippen LogP contribution in [0.5, 0.6) is 0 Å². The molecular weight excluding hydrogens is 319 g/mol. The summed E-state index contributed by atoms with van der Waals surface area (Å²) in [7, 11) is -3.74. The van der Waals surface area contributed by atoms with Crippen molar-refractivity contribution in [3.63, 3.8) is 0 Å². The second kappa shape index (κ2) is 7.70. The molecule has 1 aliphatic rings. The zero-order valence-corrected chi connectivity index (χ0v) is 14.4. The van der Waals surface area contributed by atoms with Crippen LogP contribution in [0.2, 0.25) is 0 Å². The average molecular weight is 344 g/mol. The third kappa shape index (κ3) is 5.24. The molecule has 1 aromatic carbocycles. The van der Waals surface area contributed by atoms with Crippen LogP contribution in [-0.4, -0.2) is 50.7 Å². The first-order valence-electron chi connectivity index (χ1n) is 7.94. The quantitative estimate of drug-likeness (QED) is 0.821. The van der Waals surface area contributed by atoms with Crippen LogP contribution in [0.25, 0.3) is 0 Å². The summed E-state index contributed by atoms with van der Waals surface area (Å²) < 4.78 is 40.0. The molecule has 1 fully saturated rings. The van der Waals surface area contributed by atoms with E-state index in [1.807, 2.05) is 0 Å². The molecule has 1 atom stereocenters. The maximum absolute atomic E-state index is 13.2. The van der Waals surface area contributed by atoms with Gasteiger partial charge < -0.3 is 10.0 Å². The van der Waals surface area contributed by atoms with Crippen LogP contribution in [0.4, 0.5) is 4.39 Å². The first-order chi connectivity index (χ1) is 10.8. The van der Waals surface area contributed by atoms with E-state index in [4.69, 9.17) is 0 Å². The Kier molecular flexibility index (Phi) is 6.13. The van der Waals surface area contributed by atoms with Gasteiger partial charge in [-0.3, -0.25) is 0 Å². The largest absolute Gasteiger partial charge is 0.390 e. The monoisotopic (exact) mass is 344 g/mol. The topological polar surface area (TPSA) is 69.6 Å². The van der Waals surface area contributed by atoms with E-state index in [0.29, 0.717) is 12.5 Å². The van der Waals surface area contributed by atoms with Gasteiger partial charge in [0, 0.05) is 13.1 Å². The number of nitrogens with one attached hydrogen (secondary N) is 1. The van der Waals surface area contributed by atoms with Gasteiger partial charge in [-0.05, 0) is 62.5 Å². The number of nitrogens with zero attached hydrogens (tertiary/aromatic N) is 1. The number of halogens is 1. The molecule has 0 saturated carbocycles. The number of rotatable bonds is 6. The summed E-state index contributed by atoms with van der Waals surface area (Å²) in [4.78, 5) is 2.16. The van der Waals surface area contributed by atoms with E-state index < -0.39 is 21.9 Å². The predicted octanol–water partition coefficient (Wildman–Crippen LogP) is 1.51. The first-order valence-corrected chi connectivity index (χ1v) is 9.42. The minimum Gasteiger partial charge on any atom is -0.390 e. The summed E-state index contributed by atoms with van der Waals surface area (Å²) in [6, 6.07) is 3.65. The fourth-order valence-electron chi connectivity index (χ4n) is 2.68. The van der Waals surface area contributed by atoms with Crippen LogP contribution in [-0.2, 0) is 10.0 Å². The number of aliphatic hydroxyl groups is 1. The zero-order valence-electron chi connectivity index (χ0n) is 13.6. The molecule has 2 N–H and O–H groups in total. The second-order valence-electron chi connectivity index (χ2n) is 6.40. The maximum atomic E-state index is 13.2. The van der Waals surface area contributed by atoms with Crippen molar-refractivity contribution in [3.8, 4) is 0 Å². The van der Waals surface area contributed by atoms with E-state index >= 15 is 0 Å². The Bertz CT molecular complexity index is 628. The molecule has 1 heterocycles. The van der Waals surface area contributed by atoms with Gasteiger partial charge in [-0.25, -0.2) is 17.5 Å². The molecule has 2 rings (SSSR count). The molecular formula is C16H25FN2O3S. The lowest BCUT2D eigenvalue weighted by molar-refractivity contribution is 0.0942. The number of benzene rings is 1. The van der Waals surface area contributed by atoms with E-state index in [2.05, 4.69) is 16.5 Å². The third-order valence-corrected chi connectivity index (χ3v) is 5.72. The average Bonchev–Trinajstić information content (AvgIpc) is 2.50. The molecule has 1 unspecified atom stereocenters. The second-order valence-corrected chi connectivity index (χ2v) is 8.17. The molecule has 0 aromatic heterocycles. The van der Waals surface area contributed by atoms with Crippen LogP contribution in [0, 0.1) is 18.7 Å². The van der Waals surface area contributed by atoms with E-state index in [-0.39, 0.29) is 17.0 Å². The van der Waals surface area contributed by atoms with E-state index in [1.54, 1.807) is 0 Å². The van der Waals surface area contributed by atoms with Crippen LogP contribution >= 0.6 is 0 Å². The zero-order chi connectivity index (χ0) is 17.0. The van der Waals surface area contributed by atoms with E-state index in [0.717, 1.165) is 32.0 Å². The number of aryl methyl sites for hydroxylation is 1. The lowest BCUT2D eigenvalue weighted by Crippen LogP contribution is -2.43. The molecule has 5 nitrogen and oxygen atoms in total. The van der Waals surface area contributed by atoms with Gasteiger partial charge in [0.1, 0.15) is 5.82 Å². The Labute approximate surface area is 137 Å². The molecule has 0 spiro atoms. The number of β-amino-alcohol motifs (C(OH)–C–C–N with tert-alkyl or cyclic N) is 1. The molecule has 23 heavy (non-hydrogen) atoms. The summed E-state index contributed by atoms with van der Waals surface area (Å²) in [5, 5.41) is 10.0. The van der Waals surface area contributed by atoms with Crippen molar-refractivity contribution in [1.29, 1.82) is 0 Å². The van der Waals surface area contributed by atoms with Gasteiger partial charge in [-0.15, -0.1) is 0 Å². The summed E-state index contributed by atoms with van der Waals surface area (Å²) >= 11 is 0. The van der Waals surface area contributed by atoms with Gasteiger partial charge in [0.2, 0.25) is 10.0 Å². The normalized spacial score (nSPS) is 19.0. The molecule has 1 aromatic rings. The van der Waals surface area contributed by atoms with Crippen molar-refractivity contribution in [2.75, 3.05) is 26.2 Å². The highest BCUT2D eigenvalue weighted by molar-refractivity contribution is 7.89. The minimum atomic E-state index is -3.74. The Hall–Kier alpha value is -1.02. The Morgan fingerprint density at radius 3 is 2.65 bits per heavy atom. The number of hydrogen-bond donors (Lipinski definition) is 2. The number of hydrogen-bond acceptors (Lipinski definition) is 4. The van der Waals surface area contributed by atoms with Gasteiger partial charge >= 0.3 is 0 Å². The summed E-state index contributed by atoms with van der Waals surface area (Å²) in [5.74, 6) is 0.270. The standard InChI is InChI=1S/C16H25FN2O3S/c1-12-5-7-19(8-6-12)11-14(20)10-18-23(21,22)15-3-4-16(17)13(2)9-15/h3-4,9,12,14,18,20H,5-8,10-11H2,1-2H3. The molecule has 0 aliphatic carbocycles. The van der Waals surface area contributed by atoms with E-state index in [9.17, 15) is 17.9 Å². The first kappa shape index (κ1) is 18.3. The van der Waals surface area contributed by atoms with Crippen LogP contribution in [0.3, 0.4) is 0 Å². The van der Waals surface area contributed by atoms with Crippen LogP contribution in [0.1, 0.15) is 25.3 Å². The highest BCUT2D eigenvalue weighted by Gasteiger charge is 2.21. The molecule has 0 amide bonds. The molecule has 1 aliphatic heterocycles. The van der Waals surface area contributed by atoms with Gasteiger partial charge in [-0.1, -0.05) is 6.92 Å². The maximum Gasteiger partial charge on any atom is 0.240 e. The van der Waals surface area contributed by atoms with Crippen molar-refractivity contribution in [3.05, 3.63) is 29.6 Å². The van der Waals surface area contributed by atoms with Gasteiger partial charge in [0.25, 0.3) is 0 Å². The van der Waals surface area contributed by atoms with Crippen molar-refractivity contribution >= 4 is 10.0 Å². The number of piperidine rings is 1. The fourth-order valence-corrected chi connectivity index (χ4v) is 3.84. The number of sulfonamides is 1. The summed E-state index contributed by atoms with van der Waals surface area (Å²) in [6.07, 6.45) is 1.44. The van der Waals surface area contributed by atoms with Crippen molar-refractivity contribution in [2.45, 2.75) is 37.7 Å². The highest BCUT2D eigenvalue weighted by Crippen LogP contribution is 2.16. The Morgan fingerprint density at radius 2 is 2.04 bits per heavy atom. The Balaban J connectivity index is 1.87. The smallest absolute Gasteiger partial charge is 0.240 e. The van der Waals surface area contributed by atoms with Crippen molar-refractivity contribution in [2.24, 2.45) is 5.92 Å². The molecule has 0 radical (unpaired) electrons. The molecule has 1 saturated heterocycles. The lowest BCUT2D eigenvalue weighted by atomic mass is 9.99. The van der Waals surface area contributed by atoms with Gasteiger partial charge in [0.15, 0.2) is 0 Å².